The number of nitrogens with zero attached hydrogens (tertiary/aromatic N) is 1. The topological polar surface area (TPSA) is 12.9 Å². The molecule has 2 rings (SSSR count). The lowest BCUT2D eigenvalue weighted by Crippen LogP contribution is -2.41. The number of hydrogen-bond acceptors (Lipinski definition) is 1. The minimum Gasteiger partial charge on any atom is -0.256 e. The van der Waals surface area contributed by atoms with Gasteiger partial charge in [-0.3, -0.25) is 4.98 Å². The molecule has 0 N–H and O–H groups in total. The van der Waals surface area contributed by atoms with Crippen molar-refractivity contribution in [1.29, 1.82) is 0 Å². The van der Waals surface area contributed by atoms with Crippen molar-refractivity contribution in [3.8, 4) is 11.3 Å². The van der Waals surface area contributed by atoms with Gasteiger partial charge in [-0.1, -0.05) is 54.7 Å². The second kappa shape index (κ2) is 5.32. The van der Waals surface area contributed by atoms with Crippen molar-refractivity contribution >= 4 is 13.3 Å². The molecule has 0 aliphatic rings. The van der Waals surface area contributed by atoms with Crippen LogP contribution in [0.1, 0.15) is 0 Å². The molecule has 2 aromatic rings. The molecule has 1 nitrogen and oxygen atoms in total. The van der Waals surface area contributed by atoms with Crippen molar-refractivity contribution in [2.45, 2.75) is 19.1 Å². The zero-order valence-corrected chi connectivity index (χ0v) is 12.1. The van der Waals surface area contributed by atoms with E-state index in [4.69, 9.17) is 0 Å². The van der Waals surface area contributed by atoms with E-state index < -0.39 is 8.07 Å². The maximum Gasteiger partial charge on any atom is 0.0852 e. The fourth-order valence-corrected chi connectivity index (χ4v) is 4.72. The van der Waals surface area contributed by atoms with Crippen LogP contribution in [0, 0.1) is 0 Å². The van der Waals surface area contributed by atoms with Gasteiger partial charge in [-0.05, 0) is 23.7 Å². The van der Waals surface area contributed by atoms with Gasteiger partial charge in [0.2, 0.25) is 0 Å². The standard InChI is InChI=1S/C16H19NSi/c1-4-13-18(2,3)16-11-6-5-9-14(16)15-10-7-8-12-17-15/h4-12H,1,13H2,2-3H3. The Labute approximate surface area is 110 Å². The van der Waals surface area contributed by atoms with Gasteiger partial charge in [0, 0.05) is 6.20 Å². The first-order valence-electron chi connectivity index (χ1n) is 6.27. The van der Waals surface area contributed by atoms with Crippen LogP contribution in [-0.2, 0) is 0 Å². The summed E-state index contributed by atoms with van der Waals surface area (Å²) in [6, 6.07) is 15.8. The van der Waals surface area contributed by atoms with E-state index in [0.29, 0.717) is 0 Å². The number of rotatable bonds is 4. The molecule has 0 spiro atoms. The van der Waals surface area contributed by atoms with E-state index >= 15 is 0 Å². The Kier molecular flexibility index (Phi) is 3.77. The molecule has 0 bridgehead atoms. The third-order valence-corrected chi connectivity index (χ3v) is 6.46. The first-order chi connectivity index (χ1) is 8.65. The van der Waals surface area contributed by atoms with Crippen molar-refractivity contribution in [3.05, 3.63) is 61.3 Å². The molecule has 1 aromatic carbocycles. The summed E-state index contributed by atoms with van der Waals surface area (Å²) in [5, 5.41) is 1.46. The highest BCUT2D eigenvalue weighted by atomic mass is 28.3. The van der Waals surface area contributed by atoms with Gasteiger partial charge in [-0.15, -0.1) is 6.58 Å². The summed E-state index contributed by atoms with van der Waals surface area (Å²) >= 11 is 0. The molecule has 0 atom stereocenters. The summed E-state index contributed by atoms with van der Waals surface area (Å²) in [5.41, 5.74) is 2.34. The van der Waals surface area contributed by atoms with Gasteiger partial charge in [0.05, 0.1) is 13.8 Å². The van der Waals surface area contributed by atoms with Crippen molar-refractivity contribution in [2.75, 3.05) is 0 Å². The van der Waals surface area contributed by atoms with Crippen LogP contribution >= 0.6 is 0 Å². The number of benzene rings is 1. The van der Waals surface area contributed by atoms with Crippen molar-refractivity contribution in [1.82, 2.24) is 4.98 Å². The summed E-state index contributed by atoms with van der Waals surface area (Å²) in [6.45, 7) is 8.66. The molecular weight excluding hydrogens is 234 g/mol. The molecule has 0 fully saturated rings. The van der Waals surface area contributed by atoms with Gasteiger partial charge < -0.3 is 0 Å². The summed E-state index contributed by atoms with van der Waals surface area (Å²) in [7, 11) is -1.46. The van der Waals surface area contributed by atoms with Gasteiger partial charge in [0.25, 0.3) is 0 Å². The molecule has 0 aliphatic heterocycles. The maximum absolute atomic E-state index is 4.48. The van der Waals surface area contributed by atoms with Gasteiger partial charge in [-0.2, -0.15) is 0 Å². The summed E-state index contributed by atoms with van der Waals surface area (Å²) in [4.78, 5) is 4.48. The first-order valence-corrected chi connectivity index (χ1v) is 9.47. The highest BCUT2D eigenvalue weighted by Crippen LogP contribution is 2.20. The molecule has 2 heteroatoms. The van der Waals surface area contributed by atoms with E-state index in [0.717, 1.165) is 11.7 Å². The molecule has 0 radical (unpaired) electrons. The number of allylic oxidation sites excluding steroid dienone is 1. The second-order valence-electron chi connectivity index (χ2n) is 5.14. The van der Waals surface area contributed by atoms with Crippen LogP contribution in [0.25, 0.3) is 11.3 Å². The lowest BCUT2D eigenvalue weighted by atomic mass is 10.1. The molecule has 0 saturated carbocycles. The normalized spacial score (nSPS) is 11.2. The molecule has 0 amide bonds. The Bertz CT molecular complexity index is 532. The Hall–Kier alpha value is -1.67. The Balaban J connectivity index is 2.53. The van der Waals surface area contributed by atoms with Crippen LogP contribution in [-0.4, -0.2) is 13.1 Å². The number of hydrogen-bond donors (Lipinski definition) is 0. The van der Waals surface area contributed by atoms with E-state index in [1.807, 2.05) is 24.4 Å². The van der Waals surface area contributed by atoms with E-state index in [2.05, 4.69) is 55.0 Å². The summed E-state index contributed by atoms with van der Waals surface area (Å²) in [5.74, 6) is 0. The fraction of sp³-hybridized carbons (Fsp3) is 0.188. The Morgan fingerprint density at radius 1 is 1.11 bits per heavy atom. The van der Waals surface area contributed by atoms with Crippen LogP contribution in [0.3, 0.4) is 0 Å². The van der Waals surface area contributed by atoms with Crippen LogP contribution < -0.4 is 5.19 Å². The van der Waals surface area contributed by atoms with Crippen molar-refractivity contribution in [3.63, 3.8) is 0 Å². The van der Waals surface area contributed by atoms with Crippen LogP contribution in [0.4, 0.5) is 0 Å². The smallest absolute Gasteiger partial charge is 0.0852 e. The van der Waals surface area contributed by atoms with Crippen LogP contribution in [0.15, 0.2) is 61.3 Å². The SMILES string of the molecule is C=CC[Si](C)(C)c1ccccc1-c1ccccn1. The Morgan fingerprint density at radius 3 is 2.50 bits per heavy atom. The van der Waals surface area contributed by atoms with Crippen molar-refractivity contribution in [2.24, 2.45) is 0 Å². The zero-order valence-electron chi connectivity index (χ0n) is 11.1. The van der Waals surface area contributed by atoms with Gasteiger partial charge >= 0.3 is 0 Å². The largest absolute Gasteiger partial charge is 0.256 e. The highest BCUT2D eigenvalue weighted by Gasteiger charge is 2.24. The zero-order chi connectivity index (χ0) is 13.0. The minimum absolute atomic E-state index is 1.07. The van der Waals surface area contributed by atoms with E-state index in [9.17, 15) is 0 Å². The number of aromatic nitrogens is 1. The predicted molar refractivity (Wildman–Crippen MR) is 81.8 cm³/mol. The predicted octanol–water partition coefficient (Wildman–Crippen LogP) is 3.85. The molecule has 18 heavy (non-hydrogen) atoms. The van der Waals surface area contributed by atoms with Crippen LogP contribution in [0.2, 0.25) is 19.1 Å². The third-order valence-electron chi connectivity index (χ3n) is 3.25. The fourth-order valence-electron chi connectivity index (χ4n) is 2.29. The van der Waals surface area contributed by atoms with Crippen molar-refractivity contribution < 1.29 is 0 Å². The van der Waals surface area contributed by atoms with Crippen LogP contribution in [0.5, 0.6) is 0 Å². The lowest BCUT2D eigenvalue weighted by molar-refractivity contribution is 1.33. The van der Waals surface area contributed by atoms with Gasteiger partial charge in [0.15, 0.2) is 0 Å². The molecule has 0 aliphatic carbocycles. The third kappa shape index (κ3) is 2.59. The van der Waals surface area contributed by atoms with E-state index in [-0.39, 0.29) is 0 Å². The first kappa shape index (κ1) is 12.8. The monoisotopic (exact) mass is 253 g/mol. The molecule has 92 valence electrons. The summed E-state index contributed by atoms with van der Waals surface area (Å²) in [6.07, 6.45) is 3.90. The second-order valence-corrected chi connectivity index (χ2v) is 9.85. The van der Waals surface area contributed by atoms with Gasteiger partial charge in [0.1, 0.15) is 0 Å². The highest BCUT2D eigenvalue weighted by molar-refractivity contribution is 6.91. The lowest BCUT2D eigenvalue weighted by Gasteiger charge is -2.24. The molecule has 1 aromatic heterocycles. The average molecular weight is 253 g/mol. The number of pyridine rings is 1. The molecule has 0 saturated heterocycles. The van der Waals surface area contributed by atoms with Gasteiger partial charge in [-0.25, -0.2) is 0 Å². The molecule has 1 heterocycles. The summed E-state index contributed by atoms with van der Waals surface area (Å²) < 4.78 is 0. The average Bonchev–Trinajstić information content (AvgIpc) is 2.40. The molecular formula is C16H19NSi. The molecule has 0 unspecified atom stereocenters. The Morgan fingerprint density at radius 2 is 1.83 bits per heavy atom. The minimum atomic E-state index is -1.46. The van der Waals surface area contributed by atoms with E-state index in [1.54, 1.807) is 0 Å². The van der Waals surface area contributed by atoms with E-state index in [1.165, 1.54) is 10.8 Å². The maximum atomic E-state index is 4.48. The quantitative estimate of drug-likeness (QED) is 0.596.